The number of halogens is 2. The number of hydrogen-bond donors (Lipinski definition) is 1. The lowest BCUT2D eigenvalue weighted by atomic mass is 9.98. The second-order valence-corrected chi connectivity index (χ2v) is 6.09. The Morgan fingerprint density at radius 3 is 2.88 bits per heavy atom. The molecule has 4 rings (SSSR count). The lowest BCUT2D eigenvalue weighted by Crippen LogP contribution is -2.10. The summed E-state index contributed by atoms with van der Waals surface area (Å²) < 4.78 is 19.1. The SMILES string of the molecule is O=C(c1cnc2c(c1)COc1ccc(Cl)cc1-2)c1cc(F)ccc1O. The van der Waals surface area contributed by atoms with E-state index in [-0.39, 0.29) is 23.5 Å². The molecule has 25 heavy (non-hydrogen) atoms. The minimum Gasteiger partial charge on any atom is -0.507 e. The summed E-state index contributed by atoms with van der Waals surface area (Å²) in [5.74, 6) is -0.716. The predicted octanol–water partition coefficient (Wildman–Crippen LogP) is 4.37. The minimum atomic E-state index is -0.598. The van der Waals surface area contributed by atoms with Crippen LogP contribution in [-0.4, -0.2) is 15.9 Å². The number of hydrogen-bond acceptors (Lipinski definition) is 4. The van der Waals surface area contributed by atoms with Crippen molar-refractivity contribution in [1.29, 1.82) is 0 Å². The molecule has 4 nitrogen and oxygen atoms in total. The number of aromatic nitrogens is 1. The van der Waals surface area contributed by atoms with E-state index >= 15 is 0 Å². The zero-order valence-electron chi connectivity index (χ0n) is 12.8. The number of rotatable bonds is 2. The largest absolute Gasteiger partial charge is 0.507 e. The number of ether oxygens (including phenoxy) is 1. The van der Waals surface area contributed by atoms with Gasteiger partial charge in [-0.15, -0.1) is 0 Å². The summed E-state index contributed by atoms with van der Waals surface area (Å²) in [4.78, 5) is 16.9. The van der Waals surface area contributed by atoms with Crippen LogP contribution in [0.2, 0.25) is 5.02 Å². The first-order chi connectivity index (χ1) is 12.0. The highest BCUT2D eigenvalue weighted by atomic mass is 35.5. The summed E-state index contributed by atoms with van der Waals surface area (Å²) in [5.41, 5.74) is 2.29. The van der Waals surface area contributed by atoms with Crippen molar-refractivity contribution >= 4 is 17.4 Å². The number of carbonyl (C=O) groups is 1. The molecule has 0 bridgehead atoms. The third-order valence-corrected chi connectivity index (χ3v) is 4.25. The topological polar surface area (TPSA) is 59.4 Å². The Bertz CT molecular complexity index is 1020. The molecule has 0 radical (unpaired) electrons. The van der Waals surface area contributed by atoms with Crippen LogP contribution in [0, 0.1) is 5.82 Å². The van der Waals surface area contributed by atoms with Gasteiger partial charge in [-0.3, -0.25) is 9.78 Å². The summed E-state index contributed by atoms with van der Waals surface area (Å²) >= 11 is 6.04. The normalized spacial score (nSPS) is 12.1. The number of phenolic OH excluding ortho intramolecular Hbond substituents is 1. The second-order valence-electron chi connectivity index (χ2n) is 5.65. The Labute approximate surface area is 147 Å². The highest BCUT2D eigenvalue weighted by Crippen LogP contribution is 2.38. The van der Waals surface area contributed by atoms with Gasteiger partial charge in [0.2, 0.25) is 0 Å². The van der Waals surface area contributed by atoms with Gasteiger partial charge in [-0.1, -0.05) is 11.6 Å². The molecule has 0 spiro atoms. The van der Waals surface area contributed by atoms with Gasteiger partial charge in [0.1, 0.15) is 23.9 Å². The molecule has 0 fully saturated rings. The maximum absolute atomic E-state index is 13.4. The van der Waals surface area contributed by atoms with Crippen molar-refractivity contribution in [1.82, 2.24) is 4.98 Å². The number of ketones is 1. The van der Waals surface area contributed by atoms with Gasteiger partial charge in [0, 0.05) is 27.9 Å². The van der Waals surface area contributed by atoms with Crippen LogP contribution >= 0.6 is 11.6 Å². The fourth-order valence-corrected chi connectivity index (χ4v) is 2.97. The number of aromatic hydroxyl groups is 1. The van der Waals surface area contributed by atoms with Gasteiger partial charge in [-0.2, -0.15) is 0 Å². The van der Waals surface area contributed by atoms with Crippen molar-refractivity contribution in [3.63, 3.8) is 0 Å². The number of pyridine rings is 1. The fraction of sp³-hybridized carbons (Fsp3) is 0.0526. The number of benzene rings is 2. The minimum absolute atomic E-state index is 0.109. The maximum atomic E-state index is 13.4. The van der Waals surface area contributed by atoms with Gasteiger partial charge in [0.25, 0.3) is 0 Å². The van der Waals surface area contributed by atoms with Crippen LogP contribution in [0.3, 0.4) is 0 Å². The molecule has 3 aromatic rings. The fourth-order valence-electron chi connectivity index (χ4n) is 2.80. The average molecular weight is 356 g/mol. The molecule has 1 aliphatic heterocycles. The molecule has 0 saturated carbocycles. The van der Waals surface area contributed by atoms with Gasteiger partial charge in [0.05, 0.1) is 11.3 Å². The average Bonchev–Trinajstić information content (AvgIpc) is 2.62. The Hall–Kier alpha value is -2.92. The zero-order chi connectivity index (χ0) is 17.6. The molecular formula is C19H11ClFNO3. The van der Waals surface area contributed by atoms with Gasteiger partial charge in [0.15, 0.2) is 5.78 Å². The lowest BCUT2D eigenvalue weighted by Gasteiger charge is -2.20. The highest BCUT2D eigenvalue weighted by molar-refractivity contribution is 6.31. The van der Waals surface area contributed by atoms with Crippen molar-refractivity contribution in [3.8, 4) is 22.8 Å². The third kappa shape index (κ3) is 2.72. The first-order valence-corrected chi connectivity index (χ1v) is 7.85. The van der Waals surface area contributed by atoms with Crippen LogP contribution in [0.15, 0.2) is 48.7 Å². The van der Waals surface area contributed by atoms with Crippen molar-refractivity contribution < 1.29 is 19.0 Å². The molecule has 124 valence electrons. The third-order valence-electron chi connectivity index (χ3n) is 4.01. The number of phenols is 1. The predicted molar refractivity (Wildman–Crippen MR) is 90.5 cm³/mol. The lowest BCUT2D eigenvalue weighted by molar-refractivity contribution is 0.103. The Morgan fingerprint density at radius 2 is 2.04 bits per heavy atom. The van der Waals surface area contributed by atoms with Crippen molar-refractivity contribution in [2.75, 3.05) is 0 Å². The van der Waals surface area contributed by atoms with Crippen LogP contribution < -0.4 is 4.74 Å². The summed E-state index contributed by atoms with van der Waals surface area (Å²) in [5, 5.41) is 10.4. The number of nitrogens with zero attached hydrogens (tertiary/aromatic N) is 1. The summed E-state index contributed by atoms with van der Waals surface area (Å²) in [6, 6.07) is 10.1. The number of fused-ring (bicyclic) bond motifs is 3. The Kier molecular flexibility index (Phi) is 3.66. The molecule has 2 heterocycles. The van der Waals surface area contributed by atoms with Crippen LogP contribution in [0.1, 0.15) is 21.5 Å². The molecule has 0 amide bonds. The molecule has 0 aliphatic carbocycles. The van der Waals surface area contributed by atoms with Crippen molar-refractivity contribution in [2.45, 2.75) is 6.61 Å². The highest BCUT2D eigenvalue weighted by Gasteiger charge is 2.22. The van der Waals surface area contributed by atoms with E-state index < -0.39 is 11.6 Å². The first-order valence-electron chi connectivity index (χ1n) is 7.48. The van der Waals surface area contributed by atoms with E-state index in [4.69, 9.17) is 16.3 Å². The van der Waals surface area contributed by atoms with E-state index in [1.807, 2.05) is 0 Å². The van der Waals surface area contributed by atoms with E-state index in [9.17, 15) is 14.3 Å². The van der Waals surface area contributed by atoms with E-state index in [0.717, 1.165) is 29.3 Å². The quantitative estimate of drug-likeness (QED) is 0.693. The molecule has 6 heteroatoms. The summed E-state index contributed by atoms with van der Waals surface area (Å²) in [7, 11) is 0. The van der Waals surface area contributed by atoms with Crippen LogP contribution in [0.5, 0.6) is 11.5 Å². The van der Waals surface area contributed by atoms with Crippen LogP contribution in [-0.2, 0) is 6.61 Å². The standard InChI is InChI=1S/C19H11ClFNO3/c20-12-1-4-17-15(6-12)18-11(9-25-17)5-10(8-22-18)19(24)14-7-13(21)2-3-16(14)23/h1-8,23H,9H2. The van der Waals surface area contributed by atoms with E-state index in [1.54, 1.807) is 24.3 Å². The first kappa shape index (κ1) is 15.6. The van der Waals surface area contributed by atoms with E-state index in [0.29, 0.717) is 16.5 Å². The Balaban J connectivity index is 1.78. The summed E-state index contributed by atoms with van der Waals surface area (Å²) in [6.07, 6.45) is 1.40. The Morgan fingerprint density at radius 1 is 1.20 bits per heavy atom. The van der Waals surface area contributed by atoms with E-state index in [1.165, 1.54) is 6.20 Å². The van der Waals surface area contributed by atoms with Gasteiger partial charge < -0.3 is 9.84 Å². The van der Waals surface area contributed by atoms with Crippen molar-refractivity contribution in [2.24, 2.45) is 0 Å². The molecule has 1 aliphatic rings. The maximum Gasteiger partial charge on any atom is 0.198 e. The molecule has 2 aromatic carbocycles. The van der Waals surface area contributed by atoms with Crippen molar-refractivity contribution in [3.05, 3.63) is 76.2 Å². The molecule has 0 saturated heterocycles. The molecule has 1 N–H and O–H groups in total. The smallest absolute Gasteiger partial charge is 0.198 e. The van der Waals surface area contributed by atoms with Crippen LogP contribution in [0.25, 0.3) is 11.3 Å². The van der Waals surface area contributed by atoms with Gasteiger partial charge >= 0.3 is 0 Å². The molecule has 0 unspecified atom stereocenters. The zero-order valence-corrected chi connectivity index (χ0v) is 13.5. The second kappa shape index (κ2) is 5.86. The molecule has 1 aromatic heterocycles. The monoisotopic (exact) mass is 355 g/mol. The van der Waals surface area contributed by atoms with Gasteiger partial charge in [-0.05, 0) is 42.5 Å². The van der Waals surface area contributed by atoms with Crippen LogP contribution in [0.4, 0.5) is 4.39 Å². The summed E-state index contributed by atoms with van der Waals surface area (Å²) in [6.45, 7) is 0.257. The number of carbonyl (C=O) groups excluding carboxylic acids is 1. The molecular weight excluding hydrogens is 345 g/mol. The van der Waals surface area contributed by atoms with E-state index in [2.05, 4.69) is 4.98 Å². The van der Waals surface area contributed by atoms with Gasteiger partial charge in [-0.25, -0.2) is 4.39 Å². The molecule has 0 atom stereocenters.